The van der Waals surface area contributed by atoms with Crippen LogP contribution in [0.4, 0.5) is 0 Å². The minimum Gasteiger partial charge on any atom is -0.466 e. The van der Waals surface area contributed by atoms with Crippen LogP contribution in [0.15, 0.2) is 11.6 Å². The lowest BCUT2D eigenvalue weighted by atomic mass is 9.86. The van der Waals surface area contributed by atoms with Gasteiger partial charge in [0.1, 0.15) is 5.78 Å². The molecule has 0 heterocycles. The number of carbonyl (C=O) groups is 2. The van der Waals surface area contributed by atoms with Gasteiger partial charge in [0.05, 0.1) is 7.11 Å². The molecule has 0 aromatic carbocycles. The van der Waals surface area contributed by atoms with Crippen molar-refractivity contribution in [2.24, 2.45) is 5.92 Å². The Hall–Kier alpha value is -1.12. The number of rotatable bonds is 5. The maximum Gasteiger partial charge on any atom is 0.333 e. The SMILES string of the molecule is CCC(=O)CC[C@H]1CC=C(C(=O)OC)CC1. The van der Waals surface area contributed by atoms with Gasteiger partial charge in [0.15, 0.2) is 0 Å². The summed E-state index contributed by atoms with van der Waals surface area (Å²) in [5, 5.41) is 0. The van der Waals surface area contributed by atoms with Crippen molar-refractivity contribution in [3.05, 3.63) is 11.6 Å². The Bertz CT molecular complexity index is 292. The molecule has 3 nitrogen and oxygen atoms in total. The largest absolute Gasteiger partial charge is 0.466 e. The van der Waals surface area contributed by atoms with Crippen molar-refractivity contribution in [1.29, 1.82) is 0 Å². The average Bonchev–Trinajstić information content (AvgIpc) is 2.35. The van der Waals surface area contributed by atoms with Crippen molar-refractivity contribution in [3.8, 4) is 0 Å². The number of ether oxygens (including phenoxy) is 1. The first kappa shape index (κ1) is 12.9. The van der Waals surface area contributed by atoms with Crippen LogP contribution in [0.2, 0.25) is 0 Å². The van der Waals surface area contributed by atoms with Gasteiger partial charge in [-0.25, -0.2) is 4.79 Å². The molecule has 90 valence electrons. The molecule has 0 amide bonds. The van der Waals surface area contributed by atoms with E-state index < -0.39 is 0 Å². The van der Waals surface area contributed by atoms with Crippen LogP contribution >= 0.6 is 0 Å². The van der Waals surface area contributed by atoms with Crippen molar-refractivity contribution < 1.29 is 14.3 Å². The Kier molecular flexibility index (Phi) is 5.23. The van der Waals surface area contributed by atoms with Crippen LogP contribution < -0.4 is 0 Å². The van der Waals surface area contributed by atoms with Gasteiger partial charge in [0.2, 0.25) is 0 Å². The number of methoxy groups -OCH3 is 1. The Morgan fingerprint density at radius 1 is 1.50 bits per heavy atom. The standard InChI is InChI=1S/C13H20O3/c1-3-12(14)9-6-10-4-7-11(8-5-10)13(15)16-2/h7,10H,3-6,8-9H2,1-2H3/t10-/m0/s1. The number of ketones is 1. The van der Waals surface area contributed by atoms with Gasteiger partial charge in [0.25, 0.3) is 0 Å². The molecule has 1 atom stereocenters. The van der Waals surface area contributed by atoms with E-state index in [0.29, 0.717) is 24.5 Å². The van der Waals surface area contributed by atoms with Crippen LogP contribution in [-0.4, -0.2) is 18.9 Å². The van der Waals surface area contributed by atoms with Crippen LogP contribution in [0, 0.1) is 5.92 Å². The highest BCUT2D eigenvalue weighted by Gasteiger charge is 2.19. The van der Waals surface area contributed by atoms with E-state index in [4.69, 9.17) is 0 Å². The lowest BCUT2D eigenvalue weighted by Crippen LogP contribution is -2.13. The minimum absolute atomic E-state index is 0.205. The summed E-state index contributed by atoms with van der Waals surface area (Å²) in [6, 6.07) is 0. The Labute approximate surface area is 96.9 Å². The van der Waals surface area contributed by atoms with Crippen molar-refractivity contribution in [2.45, 2.75) is 45.4 Å². The zero-order chi connectivity index (χ0) is 12.0. The average molecular weight is 224 g/mol. The highest BCUT2D eigenvalue weighted by atomic mass is 16.5. The van der Waals surface area contributed by atoms with Gasteiger partial charge in [-0.15, -0.1) is 0 Å². The summed E-state index contributed by atoms with van der Waals surface area (Å²) in [4.78, 5) is 22.4. The maximum absolute atomic E-state index is 11.2. The quantitative estimate of drug-likeness (QED) is 0.674. The third kappa shape index (κ3) is 3.80. The number of carbonyl (C=O) groups excluding carboxylic acids is 2. The van der Waals surface area contributed by atoms with Crippen molar-refractivity contribution in [2.75, 3.05) is 7.11 Å². The molecule has 0 N–H and O–H groups in total. The number of Topliss-reactive ketones (excluding diaryl/α,β-unsaturated/α-hetero) is 1. The Balaban J connectivity index is 2.34. The van der Waals surface area contributed by atoms with Gasteiger partial charge >= 0.3 is 5.97 Å². The second-order valence-corrected chi connectivity index (χ2v) is 4.29. The van der Waals surface area contributed by atoms with Gasteiger partial charge in [-0.05, 0) is 31.6 Å². The van der Waals surface area contributed by atoms with Gasteiger partial charge in [-0.2, -0.15) is 0 Å². The van der Waals surface area contributed by atoms with Crippen LogP contribution in [0.3, 0.4) is 0 Å². The van der Waals surface area contributed by atoms with Crippen molar-refractivity contribution >= 4 is 11.8 Å². The van der Waals surface area contributed by atoms with E-state index in [1.165, 1.54) is 7.11 Å². The van der Waals surface area contributed by atoms with Gasteiger partial charge < -0.3 is 4.74 Å². The highest BCUT2D eigenvalue weighted by molar-refractivity contribution is 5.88. The summed E-state index contributed by atoms with van der Waals surface area (Å²) >= 11 is 0. The number of hydrogen-bond donors (Lipinski definition) is 0. The predicted molar refractivity (Wildman–Crippen MR) is 62.0 cm³/mol. The fourth-order valence-electron chi connectivity index (χ4n) is 2.01. The Morgan fingerprint density at radius 2 is 2.25 bits per heavy atom. The highest BCUT2D eigenvalue weighted by Crippen LogP contribution is 2.27. The molecule has 0 radical (unpaired) electrons. The lowest BCUT2D eigenvalue weighted by Gasteiger charge is -2.20. The maximum atomic E-state index is 11.2. The zero-order valence-electron chi connectivity index (χ0n) is 10.1. The fraction of sp³-hybridized carbons (Fsp3) is 0.692. The number of esters is 1. The van der Waals surface area contributed by atoms with Gasteiger partial charge in [-0.3, -0.25) is 4.79 Å². The fourth-order valence-corrected chi connectivity index (χ4v) is 2.01. The topological polar surface area (TPSA) is 43.4 Å². The molecule has 0 unspecified atom stereocenters. The van der Waals surface area contributed by atoms with Crippen LogP contribution in [0.5, 0.6) is 0 Å². The molecule has 0 fully saturated rings. The molecule has 1 aliphatic carbocycles. The minimum atomic E-state index is -0.205. The molecule has 0 aromatic heterocycles. The monoisotopic (exact) mass is 224 g/mol. The smallest absolute Gasteiger partial charge is 0.333 e. The molecule has 0 bridgehead atoms. The Morgan fingerprint density at radius 3 is 2.75 bits per heavy atom. The van der Waals surface area contributed by atoms with E-state index in [9.17, 15) is 9.59 Å². The summed E-state index contributed by atoms with van der Waals surface area (Å²) in [5.41, 5.74) is 0.792. The molecular weight excluding hydrogens is 204 g/mol. The molecule has 0 spiro atoms. The first-order valence-corrected chi connectivity index (χ1v) is 5.96. The molecule has 1 aliphatic rings. The summed E-state index contributed by atoms with van der Waals surface area (Å²) in [7, 11) is 1.41. The van der Waals surface area contributed by atoms with E-state index in [2.05, 4.69) is 4.74 Å². The zero-order valence-corrected chi connectivity index (χ0v) is 10.1. The van der Waals surface area contributed by atoms with Crippen molar-refractivity contribution in [1.82, 2.24) is 0 Å². The molecule has 0 aliphatic heterocycles. The van der Waals surface area contributed by atoms with E-state index in [0.717, 1.165) is 31.3 Å². The van der Waals surface area contributed by atoms with Crippen molar-refractivity contribution in [3.63, 3.8) is 0 Å². The van der Waals surface area contributed by atoms with E-state index in [1.807, 2.05) is 13.0 Å². The third-order valence-electron chi connectivity index (χ3n) is 3.19. The van der Waals surface area contributed by atoms with Crippen LogP contribution in [-0.2, 0) is 14.3 Å². The molecule has 16 heavy (non-hydrogen) atoms. The van der Waals surface area contributed by atoms with Crippen LogP contribution in [0.1, 0.15) is 45.4 Å². The van der Waals surface area contributed by atoms with Gasteiger partial charge in [0, 0.05) is 18.4 Å². The predicted octanol–water partition coefficient (Wildman–Crippen LogP) is 2.65. The summed E-state index contributed by atoms with van der Waals surface area (Å²) in [6.07, 6.45) is 6.93. The number of allylic oxidation sites excluding steroid dienone is 1. The van der Waals surface area contributed by atoms with Crippen LogP contribution in [0.25, 0.3) is 0 Å². The van der Waals surface area contributed by atoms with E-state index >= 15 is 0 Å². The molecule has 1 rings (SSSR count). The second-order valence-electron chi connectivity index (χ2n) is 4.29. The lowest BCUT2D eigenvalue weighted by molar-refractivity contribution is -0.136. The summed E-state index contributed by atoms with van der Waals surface area (Å²) in [6.45, 7) is 1.90. The first-order chi connectivity index (χ1) is 7.67. The molecule has 0 saturated heterocycles. The molecule has 0 saturated carbocycles. The second kappa shape index (κ2) is 6.46. The molecule has 3 heteroatoms. The first-order valence-electron chi connectivity index (χ1n) is 5.96. The third-order valence-corrected chi connectivity index (χ3v) is 3.19. The van der Waals surface area contributed by atoms with E-state index in [1.54, 1.807) is 0 Å². The van der Waals surface area contributed by atoms with E-state index in [-0.39, 0.29) is 5.97 Å². The molecule has 0 aromatic rings. The molecular formula is C13H20O3. The normalized spacial score (nSPS) is 20.1. The number of hydrogen-bond acceptors (Lipinski definition) is 3. The summed E-state index contributed by atoms with van der Waals surface area (Å²) < 4.78 is 4.68. The summed E-state index contributed by atoms with van der Waals surface area (Å²) in [5.74, 6) is 0.690. The van der Waals surface area contributed by atoms with Gasteiger partial charge in [-0.1, -0.05) is 13.0 Å².